The smallest absolute Gasteiger partial charge is 0.394 e. The second-order valence-electron chi connectivity index (χ2n) is 10.7. The van der Waals surface area contributed by atoms with Gasteiger partial charge in [-0.2, -0.15) is 8.42 Å². The predicted molar refractivity (Wildman–Crippen MR) is 174 cm³/mol. The lowest BCUT2D eigenvalue weighted by molar-refractivity contribution is -0.134. The van der Waals surface area contributed by atoms with E-state index in [1.54, 1.807) is 0 Å². The molecule has 6 atom stereocenters. The largest absolute Gasteiger partial charge is 0.394 e. The Morgan fingerprint density at radius 1 is 1.00 bits per heavy atom. The number of nitrogens with two attached hydrogens (primary N) is 5. The van der Waals surface area contributed by atoms with Crippen molar-refractivity contribution in [2.24, 2.45) is 33.7 Å². The molecular weight excluding hydrogens is 708 g/mol. The van der Waals surface area contributed by atoms with E-state index in [4.69, 9.17) is 46.2 Å². The zero-order valence-corrected chi connectivity index (χ0v) is 27.8. The van der Waals surface area contributed by atoms with E-state index in [0.717, 1.165) is 6.20 Å². The Balaban J connectivity index is 0.00000242. The second kappa shape index (κ2) is 21.1. The van der Waals surface area contributed by atoms with Gasteiger partial charge in [0, 0.05) is 25.8 Å². The molecule has 0 aliphatic carbocycles. The van der Waals surface area contributed by atoms with E-state index in [2.05, 4.69) is 42.2 Å². The number of hydrogen-bond acceptors (Lipinski definition) is 16. The Kier molecular flexibility index (Phi) is 18.2. The van der Waals surface area contributed by atoms with E-state index < -0.39 is 114 Å². The van der Waals surface area contributed by atoms with Crippen LogP contribution in [0.3, 0.4) is 0 Å². The van der Waals surface area contributed by atoms with Crippen LogP contribution < -0.4 is 71.2 Å². The zero-order chi connectivity index (χ0) is 38.9. The molecule has 1 saturated heterocycles. The number of hydrogen-bond donors (Lipinski definition) is 16. The first-order chi connectivity index (χ1) is 23.8. The van der Waals surface area contributed by atoms with Crippen molar-refractivity contribution < 1.29 is 56.2 Å². The van der Waals surface area contributed by atoms with Gasteiger partial charge in [-0.1, -0.05) is 0 Å². The number of carbonyl (C=O) groups is 7. The summed E-state index contributed by atoms with van der Waals surface area (Å²) in [5, 5.41) is 28.6. The van der Waals surface area contributed by atoms with Crippen molar-refractivity contribution in [3.05, 3.63) is 11.9 Å². The van der Waals surface area contributed by atoms with Crippen LogP contribution in [0.1, 0.15) is 19.3 Å². The number of rotatable bonds is 9. The molecule has 1 fully saturated rings. The van der Waals surface area contributed by atoms with Gasteiger partial charge in [-0.15, -0.1) is 0 Å². The maximum absolute atomic E-state index is 13.4. The number of aliphatic hydroxyl groups is 1. The van der Waals surface area contributed by atoms with E-state index in [1.807, 2.05) is 5.32 Å². The van der Waals surface area contributed by atoms with Crippen LogP contribution in [-0.2, 0) is 39.2 Å². The molecule has 2 rings (SSSR count). The summed E-state index contributed by atoms with van der Waals surface area (Å²) in [6.45, 7) is -1.51. The molecule has 0 bridgehead atoms. The van der Waals surface area contributed by atoms with E-state index >= 15 is 0 Å². The molecule has 2 aliphatic heterocycles. The van der Waals surface area contributed by atoms with Gasteiger partial charge in [0.25, 0.3) is 5.91 Å². The fourth-order valence-electron chi connectivity index (χ4n) is 4.14. The van der Waals surface area contributed by atoms with Gasteiger partial charge in [0.2, 0.25) is 29.5 Å². The molecule has 21 N–H and O–H groups in total. The molecule has 0 aromatic rings. The van der Waals surface area contributed by atoms with Gasteiger partial charge in [0.1, 0.15) is 29.9 Å². The topological polar surface area (TPSA) is 453 Å². The van der Waals surface area contributed by atoms with E-state index in [-0.39, 0.29) is 31.9 Å². The van der Waals surface area contributed by atoms with Crippen molar-refractivity contribution in [1.82, 2.24) is 42.5 Å². The average molecular weight is 753 g/mol. The Labute approximate surface area is 290 Å². The van der Waals surface area contributed by atoms with Crippen molar-refractivity contribution in [3.63, 3.8) is 0 Å². The first-order valence-electron chi connectivity index (χ1n) is 14.9. The zero-order valence-electron chi connectivity index (χ0n) is 27.0. The Morgan fingerprint density at radius 2 is 1.63 bits per heavy atom. The van der Waals surface area contributed by atoms with Gasteiger partial charge in [0.15, 0.2) is 5.96 Å². The van der Waals surface area contributed by atoms with Gasteiger partial charge >= 0.3 is 16.4 Å². The lowest BCUT2D eigenvalue weighted by Crippen LogP contribution is -2.64. The van der Waals surface area contributed by atoms with E-state index in [1.165, 1.54) is 0 Å². The molecule has 1 unspecified atom stereocenters. The van der Waals surface area contributed by atoms with Gasteiger partial charge in [0.05, 0.1) is 18.7 Å². The maximum Gasteiger partial charge on any atom is 0.394 e. The van der Waals surface area contributed by atoms with Crippen molar-refractivity contribution in [1.29, 1.82) is 0 Å². The van der Waals surface area contributed by atoms with Crippen molar-refractivity contribution in [3.8, 4) is 0 Å². The minimum atomic E-state index is -4.67. The number of carbonyl (C=O) groups excluding carboxylic acids is 7. The fourth-order valence-corrected chi connectivity index (χ4v) is 4.14. The van der Waals surface area contributed by atoms with Crippen molar-refractivity contribution >= 4 is 57.8 Å². The third kappa shape index (κ3) is 16.9. The number of nitrogens with zero attached hydrogens (tertiary/aromatic N) is 1. The molecule has 51 heavy (non-hydrogen) atoms. The average Bonchev–Trinajstić information content (AvgIpc) is 3.05. The highest BCUT2D eigenvalue weighted by atomic mass is 32.3. The maximum atomic E-state index is 13.4. The van der Waals surface area contributed by atoms with Crippen LogP contribution in [0.15, 0.2) is 16.9 Å². The van der Waals surface area contributed by atoms with Crippen LogP contribution in [0.2, 0.25) is 0 Å². The highest BCUT2D eigenvalue weighted by Crippen LogP contribution is 2.07. The van der Waals surface area contributed by atoms with Crippen LogP contribution in [0.5, 0.6) is 0 Å². The first-order valence-corrected chi connectivity index (χ1v) is 16.3. The SMILES string of the molecule is NCCC[C@H](N)C(=O)NC[C@@H]1NC(=O)[C@H](CO)NC(=O)[C@@H](N)CNC(=O)[C@H](C2CCN=C(N)N2)NC(=O)C(=CNC(N)=O)NC1=O.O=S(=O)(O)O. The molecule has 0 aromatic carbocycles. The summed E-state index contributed by atoms with van der Waals surface area (Å²) >= 11 is 0. The molecule has 0 saturated carbocycles. The molecule has 27 heteroatoms. The Hall–Kier alpha value is -5.19. The summed E-state index contributed by atoms with van der Waals surface area (Å²) in [6.07, 6.45) is 1.61. The monoisotopic (exact) mass is 752 g/mol. The Morgan fingerprint density at radius 3 is 2.20 bits per heavy atom. The summed E-state index contributed by atoms with van der Waals surface area (Å²) in [6, 6.07) is -9.04. The van der Waals surface area contributed by atoms with Gasteiger partial charge in [-0.3, -0.25) is 42.9 Å². The highest BCUT2D eigenvalue weighted by molar-refractivity contribution is 7.79. The minimum absolute atomic E-state index is 0.0144. The molecule has 2 heterocycles. The van der Waals surface area contributed by atoms with Gasteiger partial charge in [-0.05, 0) is 25.8 Å². The van der Waals surface area contributed by atoms with Crippen LogP contribution >= 0.6 is 0 Å². The number of guanidine groups is 1. The number of amides is 8. The quantitative estimate of drug-likeness (QED) is 0.0768. The van der Waals surface area contributed by atoms with Gasteiger partial charge < -0.3 is 76.3 Å². The number of aliphatic imine (C=N–C) groups is 1. The number of primary amides is 1. The highest BCUT2D eigenvalue weighted by Gasteiger charge is 2.35. The molecule has 8 amide bonds. The first kappa shape index (κ1) is 43.8. The molecule has 26 nitrogen and oxygen atoms in total. The predicted octanol–water partition coefficient (Wildman–Crippen LogP) is -9.28. The lowest BCUT2D eigenvalue weighted by atomic mass is 10.0. The second-order valence-corrected chi connectivity index (χ2v) is 11.6. The minimum Gasteiger partial charge on any atom is -0.394 e. The van der Waals surface area contributed by atoms with Crippen LogP contribution in [-0.4, -0.2) is 139 Å². The molecule has 2 aliphatic rings. The summed E-state index contributed by atoms with van der Waals surface area (Å²) in [5.41, 5.74) is 27.4. The molecular formula is C24H44N14O12S. The third-order valence-corrected chi connectivity index (χ3v) is 6.71. The molecule has 0 radical (unpaired) electrons. The van der Waals surface area contributed by atoms with Crippen LogP contribution in [0.25, 0.3) is 0 Å². The summed E-state index contributed by atoms with van der Waals surface area (Å²) in [5.74, 6) is -5.78. The Bertz CT molecular complexity index is 1450. The summed E-state index contributed by atoms with van der Waals surface area (Å²) in [7, 11) is -4.67. The van der Waals surface area contributed by atoms with Crippen molar-refractivity contribution in [2.45, 2.75) is 55.5 Å². The van der Waals surface area contributed by atoms with Gasteiger partial charge in [-0.25, -0.2) is 4.79 Å². The van der Waals surface area contributed by atoms with Crippen LogP contribution in [0, 0.1) is 0 Å². The fraction of sp³-hybridized carbons (Fsp3) is 0.583. The van der Waals surface area contributed by atoms with E-state index in [0.29, 0.717) is 6.42 Å². The van der Waals surface area contributed by atoms with E-state index in [9.17, 15) is 38.7 Å². The number of urea groups is 1. The summed E-state index contributed by atoms with van der Waals surface area (Å²) in [4.78, 5) is 93.7. The number of nitrogens with one attached hydrogen (secondary N) is 8. The molecule has 0 spiro atoms. The number of aliphatic hydroxyl groups excluding tert-OH is 1. The molecule has 0 aromatic heterocycles. The summed E-state index contributed by atoms with van der Waals surface area (Å²) < 4.78 is 31.6. The molecule has 288 valence electrons. The lowest BCUT2D eigenvalue weighted by Gasteiger charge is -2.31. The van der Waals surface area contributed by atoms with Crippen LogP contribution in [0.4, 0.5) is 4.79 Å². The standard InChI is InChI=1S/C24H42N14O8.H2O4S/c25-4-1-2-10(26)17(40)32-7-13-19(42)34-14(8-33-24(29)46)20(43)38-16(12-3-5-30-23(28)37-12)22(45)31-6-11(27)18(41)36-15(9-39)21(44)35-13;1-5(2,3)4/h8,10-13,15-16,39H,1-7,9,25-27H2,(H,31,45)(H,32,40)(H,34,42)(H,35,44)(H,36,41)(H,38,43)(H3,28,30,37)(H3,29,33,46);(H2,1,2,3,4)/t10-,11-,12?,13-,15-,16-;/m0./s1. The normalized spacial score (nSPS) is 25.1. The van der Waals surface area contributed by atoms with Crippen molar-refractivity contribution in [2.75, 3.05) is 32.8 Å². The third-order valence-electron chi connectivity index (χ3n) is 6.71.